The number of para-hydroxylation sites is 2. The summed E-state index contributed by atoms with van der Waals surface area (Å²) in [5.41, 5.74) is -1.76. The lowest BCUT2D eigenvalue weighted by Gasteiger charge is -2.25. The minimum absolute atomic E-state index is 0.0613. The quantitative estimate of drug-likeness (QED) is 0.0167. The Kier molecular flexibility index (Phi) is 20.6. The second kappa shape index (κ2) is 26.4. The van der Waals surface area contributed by atoms with Gasteiger partial charge >= 0.3 is 55.3 Å². The Morgan fingerprint density at radius 2 is 1.29 bits per heavy atom. The fraction of sp³-hybridized carbons (Fsp3) is 0.410. The van der Waals surface area contributed by atoms with Gasteiger partial charge in [0.2, 0.25) is 0 Å². The van der Waals surface area contributed by atoms with E-state index in [2.05, 4.69) is 48.4 Å². The summed E-state index contributed by atoms with van der Waals surface area (Å²) in [6.45, 7) is -2.29. The molecule has 80 heavy (non-hydrogen) atoms. The summed E-state index contributed by atoms with van der Waals surface area (Å²) in [7, 11) is -25.0. The lowest BCUT2D eigenvalue weighted by atomic mass is 10.1. The van der Waals surface area contributed by atoms with Gasteiger partial charge in [-0.3, -0.25) is 38.6 Å². The van der Waals surface area contributed by atoms with Gasteiger partial charge in [-0.15, -0.1) is 0 Å². The highest BCUT2D eigenvalue weighted by atomic mass is 32.2. The molecule has 41 heteroatoms. The third-order valence-electron chi connectivity index (χ3n) is 10.6. The van der Waals surface area contributed by atoms with Crippen molar-refractivity contribution in [2.24, 2.45) is 0 Å². The molecule has 2 saturated heterocycles. The molecule has 2 aliphatic heterocycles. The summed E-state index contributed by atoms with van der Waals surface area (Å²) >= 11 is 2.11. The van der Waals surface area contributed by atoms with Gasteiger partial charge in [-0.1, -0.05) is 48.2 Å². The van der Waals surface area contributed by atoms with E-state index in [-0.39, 0.29) is 33.5 Å². The summed E-state index contributed by atoms with van der Waals surface area (Å²) in [6.07, 6.45) is -19.4. The molecule has 0 radical (unpaired) electrons. The number of fused-ring (bicyclic) bond motifs is 1. The molecule has 438 valence electrons. The van der Waals surface area contributed by atoms with Gasteiger partial charge in [0, 0.05) is 41.7 Å². The van der Waals surface area contributed by atoms with Gasteiger partial charge in [-0.25, -0.2) is 47.6 Å². The molecule has 0 saturated carbocycles. The number of anilines is 3. The number of carbonyl (C=O) groups excluding carboxylic acids is 2. The zero-order valence-corrected chi connectivity index (χ0v) is 45.7. The smallest absolute Gasteiger partial charge is 0.439 e. The van der Waals surface area contributed by atoms with E-state index >= 15 is 0 Å². The van der Waals surface area contributed by atoms with Crippen LogP contribution in [0.2, 0.25) is 0 Å². The topological polar surface area (TPSA) is 441 Å². The molecule has 3 aromatic heterocycles. The molecule has 2 fully saturated rings. The molecule has 2 amide bonds. The number of hydrogen-bond acceptors (Lipinski definition) is 25. The third kappa shape index (κ3) is 17.5. The molecule has 32 nitrogen and oxygen atoms in total. The van der Waals surface area contributed by atoms with Crippen LogP contribution in [0.3, 0.4) is 0 Å². The first-order valence-corrected chi connectivity index (χ1v) is 30.9. The van der Waals surface area contributed by atoms with Gasteiger partial charge in [-0.2, -0.15) is 37.9 Å². The van der Waals surface area contributed by atoms with Crippen LogP contribution in [0.15, 0.2) is 94.0 Å². The maximum atomic E-state index is 13.3. The number of aromatic nitrogens is 6. The minimum atomic E-state index is -6.47. The number of alkyl halides is 3. The number of imidazole rings is 1. The van der Waals surface area contributed by atoms with Crippen LogP contribution < -0.4 is 27.2 Å². The van der Waals surface area contributed by atoms with Crippen LogP contribution >= 0.6 is 54.8 Å². The van der Waals surface area contributed by atoms with E-state index in [4.69, 9.17) is 23.5 Å². The number of aliphatic hydroxyl groups is 2. The van der Waals surface area contributed by atoms with Crippen molar-refractivity contribution in [3.8, 4) is 0 Å². The monoisotopic (exact) mass is 1250 g/mol. The number of phosphoric acid groups is 4. The number of ether oxygens (including phenoxy) is 4. The van der Waals surface area contributed by atoms with Crippen molar-refractivity contribution in [1.82, 2.24) is 29.1 Å². The first kappa shape index (κ1) is 62.5. The van der Waals surface area contributed by atoms with Gasteiger partial charge in [0.15, 0.2) is 46.8 Å². The van der Waals surface area contributed by atoms with E-state index in [0.29, 0.717) is 28.6 Å². The maximum Gasteiger partial charge on any atom is 0.490 e. The Morgan fingerprint density at radius 3 is 1.85 bits per heavy atom. The van der Waals surface area contributed by atoms with Crippen molar-refractivity contribution in [2.75, 3.05) is 53.5 Å². The third-order valence-corrected chi connectivity index (χ3v) is 18.0. The van der Waals surface area contributed by atoms with Crippen molar-refractivity contribution in [2.45, 2.75) is 66.8 Å². The molecule has 0 bridgehead atoms. The summed E-state index contributed by atoms with van der Waals surface area (Å²) < 4.78 is 136. The molecule has 2 aliphatic rings. The van der Waals surface area contributed by atoms with E-state index in [1.165, 1.54) is 48.2 Å². The second-order valence-electron chi connectivity index (χ2n) is 16.4. The van der Waals surface area contributed by atoms with Crippen molar-refractivity contribution in [1.29, 1.82) is 0 Å². The number of nitrogens with zero attached hydrogens (tertiary/aromatic N) is 5. The zero-order chi connectivity index (χ0) is 58.2. The van der Waals surface area contributed by atoms with Crippen molar-refractivity contribution >= 4 is 95.4 Å². The lowest BCUT2D eigenvalue weighted by molar-refractivity contribution is -0.129. The van der Waals surface area contributed by atoms with Gasteiger partial charge < -0.3 is 54.1 Å². The van der Waals surface area contributed by atoms with Crippen LogP contribution in [0.25, 0.3) is 11.2 Å². The number of rotatable bonds is 25. The fourth-order valence-electron chi connectivity index (χ4n) is 7.25. The number of halogens is 3. The number of thioether (sulfide) groups is 2. The van der Waals surface area contributed by atoms with Gasteiger partial charge in [0.25, 0.3) is 5.56 Å². The first-order valence-electron chi connectivity index (χ1n) is 22.6. The SMILES string of the molecule is CSCCNc1nc(SCCC(F)(F)F)nc2c1ncn2[C@@H]1O[C@H](COP(=O)(O)OP(=O)(O)OP(=O)(O)OP(=O)(O)OC[C@@H]2O[C@H](n3ccc(=O)[nH]c3=O)[C@@H](OC(=O)Nc3ccccc3)[C@H]2OC(=O)Nc2ccccc2)[C@@H](O)[C@H]1O. The van der Waals surface area contributed by atoms with Gasteiger partial charge in [-0.05, 0) is 30.5 Å². The normalized spacial score (nSPS) is 24.2. The summed E-state index contributed by atoms with van der Waals surface area (Å²) in [6, 6.07) is 16.0. The molecule has 5 aromatic rings. The summed E-state index contributed by atoms with van der Waals surface area (Å²) in [5.74, 6) is 0.204. The number of amides is 2. The fourth-order valence-corrected chi connectivity index (χ4v) is 13.3. The summed E-state index contributed by atoms with van der Waals surface area (Å²) in [4.78, 5) is 107. The number of benzene rings is 2. The highest BCUT2D eigenvalue weighted by molar-refractivity contribution is 7.99. The molecule has 7 rings (SSSR count). The molecule has 4 unspecified atom stereocenters. The first-order chi connectivity index (χ1) is 37.6. The number of aromatic amines is 1. The molecule has 0 spiro atoms. The number of phosphoric ester groups is 2. The van der Waals surface area contributed by atoms with Gasteiger partial charge in [0.05, 0.1) is 26.0 Å². The largest absolute Gasteiger partial charge is 0.490 e. The number of nitrogens with one attached hydrogen (secondary N) is 4. The average Bonchev–Trinajstić information content (AvgIpc) is 4.02. The van der Waals surface area contributed by atoms with E-state index in [1.807, 2.05) is 11.2 Å². The van der Waals surface area contributed by atoms with Gasteiger partial charge in [0.1, 0.15) is 24.4 Å². The Hall–Kier alpha value is -5.10. The molecular formula is C39H46F3N9O23P4S2. The predicted molar refractivity (Wildman–Crippen MR) is 270 cm³/mol. The maximum absolute atomic E-state index is 13.3. The number of carbonyl (C=O) groups is 2. The Morgan fingerprint density at radius 1 is 0.738 bits per heavy atom. The average molecular weight is 1250 g/mol. The molecule has 0 aliphatic carbocycles. The second-order valence-corrected chi connectivity index (χ2v) is 24.6. The van der Waals surface area contributed by atoms with Crippen LogP contribution in [0.4, 0.5) is 40.0 Å². The van der Waals surface area contributed by atoms with Crippen LogP contribution in [-0.2, 0) is 59.2 Å². The van der Waals surface area contributed by atoms with E-state index < -0.39 is 135 Å². The van der Waals surface area contributed by atoms with E-state index in [9.17, 15) is 80.4 Å². The van der Waals surface area contributed by atoms with Crippen molar-refractivity contribution in [3.05, 3.63) is 100 Å². The summed E-state index contributed by atoms with van der Waals surface area (Å²) in [5, 5.41) is 29.4. The lowest BCUT2D eigenvalue weighted by Crippen LogP contribution is -2.44. The standard InChI is InChI=1S/C39H46F3N9O23P4S2/c1-79-17-14-43-31-26-32(49-35(48-31)80-16-13-39(40,41)42)51(20-44-26)33-28(54)27(53)23(68-33)18-66-75(58,59)72-77(62,63)74-78(64,65)73-76(60,61)67-19-24-29(70-37(56)45-21-8-4-2-5-9-21)30(71-38(57)46-22-10-6-3-7-11-22)34(69-24)50-15-12-25(52)47-36(50)55/h2-12,15,20,23-24,27-30,33-34,53-54H,13-14,16-19H2,1H3,(H,45,56)(H,46,57)(H,58,59)(H,60,61)(H,62,63)(H,64,65)(H,43,48,49)(H,47,52,55)/t23-,24+,27-,28-,29+,30+,33-,34+/m1/s1. The number of hydrogen-bond donors (Lipinski definition) is 10. The molecule has 12 atom stereocenters. The van der Waals surface area contributed by atoms with Crippen LogP contribution in [0.1, 0.15) is 18.9 Å². The Labute approximate surface area is 455 Å². The molecular weight excluding hydrogens is 1210 g/mol. The zero-order valence-electron chi connectivity index (χ0n) is 40.5. The Bertz CT molecular complexity index is 3300. The molecule has 10 N–H and O–H groups in total. The van der Waals surface area contributed by atoms with Crippen LogP contribution in [0.5, 0.6) is 0 Å². The molecule has 2 aromatic carbocycles. The van der Waals surface area contributed by atoms with Crippen LogP contribution in [0, 0.1) is 0 Å². The molecule has 5 heterocycles. The number of aliphatic hydroxyl groups excluding tert-OH is 2. The highest BCUT2D eigenvalue weighted by Gasteiger charge is 2.53. The van der Waals surface area contributed by atoms with E-state index in [1.54, 1.807) is 24.3 Å². The van der Waals surface area contributed by atoms with Crippen molar-refractivity contribution < 1.29 is 112 Å². The van der Waals surface area contributed by atoms with Crippen LogP contribution in [-0.4, -0.2) is 151 Å². The predicted octanol–water partition coefficient (Wildman–Crippen LogP) is 4.43. The minimum Gasteiger partial charge on any atom is -0.439 e. The van der Waals surface area contributed by atoms with Crippen molar-refractivity contribution in [3.63, 3.8) is 0 Å². The number of H-pyrrole nitrogens is 1. The Balaban J connectivity index is 1.00. The highest BCUT2D eigenvalue weighted by Crippen LogP contribution is 2.71. The van der Waals surface area contributed by atoms with E-state index in [0.717, 1.165) is 23.2 Å².